The quantitative estimate of drug-likeness (QED) is 0.741. The van der Waals surface area contributed by atoms with E-state index >= 15 is 0 Å². The van der Waals surface area contributed by atoms with Crippen LogP contribution in [0.25, 0.3) is 0 Å². The van der Waals surface area contributed by atoms with Crippen LogP contribution in [0.15, 0.2) is 12.1 Å². The van der Waals surface area contributed by atoms with Gasteiger partial charge >= 0.3 is 0 Å². The third-order valence-electron chi connectivity index (χ3n) is 3.61. The first-order chi connectivity index (χ1) is 7.25. The summed E-state index contributed by atoms with van der Waals surface area (Å²) in [6.45, 7) is 1.83. The van der Waals surface area contributed by atoms with Crippen molar-refractivity contribution in [3.8, 4) is 0 Å². The third kappa shape index (κ3) is 1.72. The first-order valence-corrected chi connectivity index (χ1v) is 5.43. The highest BCUT2D eigenvalue weighted by atomic mass is 35.5. The molecule has 16 heavy (non-hydrogen) atoms. The van der Waals surface area contributed by atoms with Crippen molar-refractivity contribution >= 4 is 12.4 Å². The van der Waals surface area contributed by atoms with Gasteiger partial charge in [-0.2, -0.15) is 0 Å². The zero-order chi connectivity index (χ0) is 10.4. The summed E-state index contributed by atoms with van der Waals surface area (Å²) < 4.78 is 26.7. The van der Waals surface area contributed by atoms with Crippen molar-refractivity contribution in [2.24, 2.45) is 5.92 Å². The standard InChI is InChI=1S/C12H13F2N.ClH/c13-11-2-1-9-8-3-7(5-15-6-8)4-10(9)12(11)14;/h1-2,7-8,15H,3-6H2;1H. The summed E-state index contributed by atoms with van der Waals surface area (Å²) >= 11 is 0. The zero-order valence-corrected chi connectivity index (χ0v) is 9.62. The summed E-state index contributed by atoms with van der Waals surface area (Å²) in [5.74, 6) is -0.471. The molecule has 1 aliphatic heterocycles. The topological polar surface area (TPSA) is 12.0 Å². The summed E-state index contributed by atoms with van der Waals surface area (Å²) in [5, 5.41) is 3.35. The van der Waals surface area contributed by atoms with Gasteiger partial charge < -0.3 is 5.32 Å². The number of nitrogens with one attached hydrogen (secondary N) is 1. The van der Waals surface area contributed by atoms with Crippen LogP contribution in [0.1, 0.15) is 23.5 Å². The lowest BCUT2D eigenvalue weighted by Crippen LogP contribution is -2.39. The van der Waals surface area contributed by atoms with Crippen LogP contribution < -0.4 is 5.32 Å². The number of piperidine rings is 1. The molecule has 2 unspecified atom stereocenters. The average molecular weight is 246 g/mol. The fourth-order valence-corrected chi connectivity index (χ4v) is 2.91. The van der Waals surface area contributed by atoms with Gasteiger partial charge in [-0.3, -0.25) is 0 Å². The first-order valence-electron chi connectivity index (χ1n) is 5.43. The van der Waals surface area contributed by atoms with Gasteiger partial charge in [-0.1, -0.05) is 6.07 Å². The molecule has 0 spiro atoms. The van der Waals surface area contributed by atoms with Gasteiger partial charge in [0.05, 0.1) is 0 Å². The minimum absolute atomic E-state index is 0. The van der Waals surface area contributed by atoms with Crippen LogP contribution >= 0.6 is 12.4 Å². The molecule has 1 nitrogen and oxygen atoms in total. The molecule has 0 radical (unpaired) electrons. The third-order valence-corrected chi connectivity index (χ3v) is 3.61. The molecular weight excluding hydrogens is 232 g/mol. The Morgan fingerprint density at radius 1 is 1.19 bits per heavy atom. The van der Waals surface area contributed by atoms with Gasteiger partial charge in [0, 0.05) is 6.54 Å². The van der Waals surface area contributed by atoms with Gasteiger partial charge in [0.1, 0.15) is 0 Å². The molecule has 1 fully saturated rings. The highest BCUT2D eigenvalue weighted by molar-refractivity contribution is 5.85. The maximum Gasteiger partial charge on any atom is 0.162 e. The molecule has 2 bridgehead atoms. The van der Waals surface area contributed by atoms with Gasteiger partial charge in [-0.15, -0.1) is 12.4 Å². The van der Waals surface area contributed by atoms with Crippen LogP contribution in [0.5, 0.6) is 0 Å². The molecule has 0 amide bonds. The summed E-state index contributed by atoms with van der Waals surface area (Å²) in [7, 11) is 0. The van der Waals surface area contributed by atoms with Crippen molar-refractivity contribution in [2.45, 2.75) is 18.8 Å². The molecule has 1 aromatic rings. The molecule has 2 aliphatic rings. The molecule has 3 rings (SSSR count). The molecule has 1 aliphatic carbocycles. The second-order valence-corrected chi connectivity index (χ2v) is 4.59. The Hall–Kier alpha value is -0.670. The lowest BCUT2D eigenvalue weighted by molar-refractivity contribution is 0.310. The van der Waals surface area contributed by atoms with Gasteiger partial charge in [0.25, 0.3) is 0 Å². The Kier molecular flexibility index (Phi) is 3.17. The van der Waals surface area contributed by atoms with Crippen LogP contribution in [0.3, 0.4) is 0 Å². The predicted octanol–water partition coefficient (Wildman–Crippen LogP) is 2.64. The number of hydrogen-bond acceptors (Lipinski definition) is 1. The molecule has 0 saturated carbocycles. The lowest BCUT2D eigenvalue weighted by atomic mass is 9.74. The predicted molar refractivity (Wildman–Crippen MR) is 61.0 cm³/mol. The number of halogens is 3. The summed E-state index contributed by atoms with van der Waals surface area (Å²) in [4.78, 5) is 0. The molecule has 88 valence electrons. The Morgan fingerprint density at radius 3 is 2.81 bits per heavy atom. The smallest absolute Gasteiger partial charge is 0.162 e. The number of benzene rings is 1. The van der Waals surface area contributed by atoms with E-state index in [-0.39, 0.29) is 12.4 Å². The van der Waals surface area contributed by atoms with E-state index in [4.69, 9.17) is 0 Å². The molecule has 1 heterocycles. The fourth-order valence-electron chi connectivity index (χ4n) is 2.91. The van der Waals surface area contributed by atoms with Gasteiger partial charge in [0.2, 0.25) is 0 Å². The van der Waals surface area contributed by atoms with Crippen LogP contribution in [0, 0.1) is 17.6 Å². The molecule has 1 saturated heterocycles. The van der Waals surface area contributed by atoms with E-state index in [0.717, 1.165) is 25.1 Å². The maximum absolute atomic E-state index is 13.6. The van der Waals surface area contributed by atoms with Crippen LogP contribution in [0.2, 0.25) is 0 Å². The highest BCUT2D eigenvalue weighted by Crippen LogP contribution is 2.38. The van der Waals surface area contributed by atoms with Gasteiger partial charge in [-0.25, -0.2) is 8.78 Å². The Morgan fingerprint density at radius 2 is 2.00 bits per heavy atom. The van der Waals surface area contributed by atoms with Crippen molar-refractivity contribution in [3.63, 3.8) is 0 Å². The largest absolute Gasteiger partial charge is 0.316 e. The minimum atomic E-state index is -0.707. The van der Waals surface area contributed by atoms with Crippen molar-refractivity contribution in [1.29, 1.82) is 0 Å². The van der Waals surface area contributed by atoms with E-state index < -0.39 is 11.6 Å². The molecule has 1 aromatic carbocycles. The van der Waals surface area contributed by atoms with E-state index in [1.54, 1.807) is 6.07 Å². The Balaban J connectivity index is 0.000000963. The summed E-state index contributed by atoms with van der Waals surface area (Å²) in [6, 6.07) is 3.00. The molecular formula is C12H14ClF2N. The van der Waals surface area contributed by atoms with Gasteiger partial charge in [-0.05, 0) is 48.4 Å². The van der Waals surface area contributed by atoms with E-state index in [0.29, 0.717) is 23.8 Å². The SMILES string of the molecule is Cl.Fc1ccc2c(c1F)CC1CNCC2C1. The van der Waals surface area contributed by atoms with Crippen molar-refractivity contribution < 1.29 is 8.78 Å². The minimum Gasteiger partial charge on any atom is -0.316 e. The second-order valence-electron chi connectivity index (χ2n) is 4.59. The Bertz CT molecular complexity index is 408. The summed E-state index contributed by atoms with van der Waals surface area (Å²) in [6.07, 6.45) is 1.80. The van der Waals surface area contributed by atoms with E-state index in [2.05, 4.69) is 5.32 Å². The van der Waals surface area contributed by atoms with Crippen molar-refractivity contribution in [3.05, 3.63) is 34.9 Å². The fraction of sp³-hybridized carbons (Fsp3) is 0.500. The molecule has 2 atom stereocenters. The summed E-state index contributed by atoms with van der Waals surface area (Å²) in [5.41, 5.74) is 1.63. The molecule has 4 heteroatoms. The van der Waals surface area contributed by atoms with Crippen molar-refractivity contribution in [1.82, 2.24) is 5.32 Å². The maximum atomic E-state index is 13.6. The number of rotatable bonds is 0. The first kappa shape index (κ1) is 11.8. The molecule has 1 N–H and O–H groups in total. The zero-order valence-electron chi connectivity index (χ0n) is 8.80. The monoisotopic (exact) mass is 245 g/mol. The molecule has 0 aromatic heterocycles. The van der Waals surface area contributed by atoms with Gasteiger partial charge in [0.15, 0.2) is 11.6 Å². The van der Waals surface area contributed by atoms with E-state index in [1.807, 2.05) is 0 Å². The number of fused-ring (bicyclic) bond motifs is 4. The van der Waals surface area contributed by atoms with Crippen LogP contribution in [-0.2, 0) is 6.42 Å². The highest BCUT2D eigenvalue weighted by Gasteiger charge is 2.32. The van der Waals surface area contributed by atoms with Crippen molar-refractivity contribution in [2.75, 3.05) is 13.1 Å². The number of hydrogen-bond donors (Lipinski definition) is 1. The lowest BCUT2D eigenvalue weighted by Gasteiger charge is -2.36. The second kappa shape index (κ2) is 4.30. The van der Waals surface area contributed by atoms with Crippen LogP contribution in [0.4, 0.5) is 8.78 Å². The Labute approximate surface area is 99.6 Å². The normalized spacial score (nSPS) is 26.9. The average Bonchev–Trinajstić information content (AvgIpc) is 2.25. The van der Waals surface area contributed by atoms with Crippen LogP contribution in [-0.4, -0.2) is 13.1 Å². The van der Waals surface area contributed by atoms with E-state index in [1.165, 1.54) is 6.07 Å². The van der Waals surface area contributed by atoms with E-state index in [9.17, 15) is 8.78 Å².